The number of nitrogens with one attached hydrogen (secondary N) is 1. The lowest BCUT2D eigenvalue weighted by atomic mass is 10.1. The van der Waals surface area contributed by atoms with Crippen LogP contribution in [0, 0.1) is 12.3 Å². The Morgan fingerprint density at radius 3 is 2.79 bits per heavy atom. The van der Waals surface area contributed by atoms with Crippen LogP contribution < -0.4 is 10.2 Å². The molecule has 1 aliphatic rings. The van der Waals surface area contributed by atoms with Gasteiger partial charge < -0.3 is 15.3 Å². The van der Waals surface area contributed by atoms with Gasteiger partial charge in [-0.3, -0.25) is 0 Å². The first kappa shape index (κ1) is 13.5. The molecule has 0 aliphatic carbocycles. The van der Waals surface area contributed by atoms with Crippen molar-refractivity contribution in [1.82, 2.24) is 10.3 Å². The van der Waals surface area contributed by atoms with Crippen LogP contribution in [0.15, 0.2) is 12.1 Å². The van der Waals surface area contributed by atoms with Gasteiger partial charge in [0, 0.05) is 24.7 Å². The third kappa shape index (κ3) is 3.52. The lowest BCUT2D eigenvalue weighted by molar-refractivity contribution is 0.187. The Morgan fingerprint density at radius 1 is 1.53 bits per heavy atom. The predicted molar refractivity (Wildman–Crippen MR) is 73.6 cm³/mol. The molecule has 19 heavy (non-hydrogen) atoms. The molecule has 0 aromatic carbocycles. The zero-order chi connectivity index (χ0) is 13.8. The molecule has 100 valence electrons. The number of piperidine rings is 1. The Bertz CT molecular complexity index is 519. The smallest absolute Gasteiger partial charge is 0.404 e. The molecule has 0 bridgehead atoms. The second kappa shape index (κ2) is 5.81. The fourth-order valence-electron chi connectivity index (χ4n) is 2.16. The van der Waals surface area contributed by atoms with E-state index in [1.54, 1.807) is 6.07 Å². The summed E-state index contributed by atoms with van der Waals surface area (Å²) in [4.78, 5) is 16.9. The summed E-state index contributed by atoms with van der Waals surface area (Å²) >= 11 is 5.92. The van der Waals surface area contributed by atoms with E-state index in [9.17, 15) is 4.79 Å². The summed E-state index contributed by atoms with van der Waals surface area (Å²) in [5.41, 5.74) is 0.695. The summed E-state index contributed by atoms with van der Waals surface area (Å²) in [6.07, 6.45) is 5.87. The number of carboxylic acid groups (broad SMARTS) is 1. The number of terminal acetylenes is 1. The monoisotopic (exact) mass is 279 g/mol. The Balaban J connectivity index is 2.03. The number of anilines is 1. The Kier molecular flexibility index (Phi) is 4.13. The number of pyridine rings is 1. The summed E-state index contributed by atoms with van der Waals surface area (Å²) in [6, 6.07) is 3.46. The predicted octanol–water partition coefficient (Wildman–Crippen LogP) is 1.95. The maximum absolute atomic E-state index is 10.6. The molecule has 1 aromatic heterocycles. The van der Waals surface area contributed by atoms with Crippen molar-refractivity contribution in [3.63, 3.8) is 0 Å². The van der Waals surface area contributed by atoms with Crippen LogP contribution in [0.2, 0.25) is 5.15 Å². The first-order valence-corrected chi connectivity index (χ1v) is 6.35. The molecular formula is C13H14ClN3O2. The molecule has 1 aliphatic heterocycles. The van der Waals surface area contributed by atoms with Gasteiger partial charge in [-0.1, -0.05) is 17.5 Å². The number of rotatable bonds is 2. The number of hydrogen-bond acceptors (Lipinski definition) is 3. The van der Waals surface area contributed by atoms with Crippen molar-refractivity contribution in [2.45, 2.75) is 18.9 Å². The molecule has 1 aromatic rings. The second-order valence-electron chi connectivity index (χ2n) is 4.39. The highest BCUT2D eigenvalue weighted by Crippen LogP contribution is 2.21. The number of carbonyl (C=O) groups is 1. The fraction of sp³-hybridized carbons (Fsp3) is 0.385. The lowest BCUT2D eigenvalue weighted by Crippen LogP contribution is -2.44. The van der Waals surface area contributed by atoms with E-state index in [1.807, 2.05) is 6.07 Å². The molecule has 6 heteroatoms. The van der Waals surface area contributed by atoms with Crippen molar-refractivity contribution in [2.75, 3.05) is 18.0 Å². The van der Waals surface area contributed by atoms with Crippen molar-refractivity contribution in [3.8, 4) is 12.3 Å². The van der Waals surface area contributed by atoms with E-state index in [1.165, 1.54) is 0 Å². The van der Waals surface area contributed by atoms with Gasteiger partial charge in [-0.25, -0.2) is 9.78 Å². The van der Waals surface area contributed by atoms with Crippen LogP contribution in [0.4, 0.5) is 10.6 Å². The van der Waals surface area contributed by atoms with Gasteiger partial charge in [-0.15, -0.1) is 6.42 Å². The average Bonchev–Trinajstić information content (AvgIpc) is 2.38. The summed E-state index contributed by atoms with van der Waals surface area (Å²) in [7, 11) is 0. The Morgan fingerprint density at radius 2 is 2.21 bits per heavy atom. The third-order valence-electron chi connectivity index (χ3n) is 3.09. The average molecular weight is 280 g/mol. The van der Waals surface area contributed by atoms with Gasteiger partial charge in [0.05, 0.1) is 0 Å². The van der Waals surface area contributed by atoms with Crippen LogP contribution in [0.3, 0.4) is 0 Å². The Labute approximate surface area is 116 Å². The number of hydrogen-bond donors (Lipinski definition) is 2. The molecule has 1 amide bonds. The summed E-state index contributed by atoms with van der Waals surface area (Å²) < 4.78 is 0. The fourth-order valence-corrected chi connectivity index (χ4v) is 2.36. The van der Waals surface area contributed by atoms with Gasteiger partial charge in [0.2, 0.25) is 0 Å². The van der Waals surface area contributed by atoms with Gasteiger partial charge in [0.25, 0.3) is 0 Å². The molecule has 0 saturated carbocycles. The van der Waals surface area contributed by atoms with Crippen LogP contribution in [0.25, 0.3) is 0 Å². The first-order chi connectivity index (χ1) is 9.08. The molecule has 2 rings (SSSR count). The molecule has 2 N–H and O–H groups in total. The second-order valence-corrected chi connectivity index (χ2v) is 4.78. The molecule has 1 fully saturated rings. The van der Waals surface area contributed by atoms with E-state index in [-0.39, 0.29) is 6.04 Å². The number of aromatic nitrogens is 1. The molecule has 1 saturated heterocycles. The van der Waals surface area contributed by atoms with Gasteiger partial charge in [-0.2, -0.15) is 0 Å². The molecule has 0 radical (unpaired) electrons. The minimum absolute atomic E-state index is 0.0000352. The summed E-state index contributed by atoms with van der Waals surface area (Å²) in [5, 5.41) is 11.5. The quantitative estimate of drug-likeness (QED) is 0.641. The van der Waals surface area contributed by atoms with Gasteiger partial charge >= 0.3 is 6.09 Å². The van der Waals surface area contributed by atoms with Crippen molar-refractivity contribution in [3.05, 3.63) is 22.8 Å². The third-order valence-corrected chi connectivity index (χ3v) is 3.29. The van der Waals surface area contributed by atoms with E-state index in [0.29, 0.717) is 10.7 Å². The summed E-state index contributed by atoms with van der Waals surface area (Å²) in [6.45, 7) is 1.45. The number of amides is 1. The topological polar surface area (TPSA) is 65.5 Å². The zero-order valence-corrected chi connectivity index (χ0v) is 11.0. The number of halogens is 1. The zero-order valence-electron chi connectivity index (χ0n) is 10.3. The maximum Gasteiger partial charge on any atom is 0.404 e. The van der Waals surface area contributed by atoms with Gasteiger partial charge in [0.15, 0.2) is 0 Å². The van der Waals surface area contributed by atoms with E-state index >= 15 is 0 Å². The summed E-state index contributed by atoms with van der Waals surface area (Å²) in [5.74, 6) is 3.29. The van der Waals surface area contributed by atoms with E-state index in [4.69, 9.17) is 23.1 Å². The SMILES string of the molecule is C#Cc1cc(Cl)nc(N2CCC(NC(=O)O)CC2)c1. The van der Waals surface area contributed by atoms with Crippen molar-refractivity contribution in [2.24, 2.45) is 0 Å². The lowest BCUT2D eigenvalue weighted by Gasteiger charge is -2.32. The van der Waals surface area contributed by atoms with Crippen LogP contribution in [-0.4, -0.2) is 35.3 Å². The van der Waals surface area contributed by atoms with Crippen LogP contribution in [0.1, 0.15) is 18.4 Å². The van der Waals surface area contributed by atoms with Gasteiger partial charge in [-0.05, 0) is 25.0 Å². The van der Waals surface area contributed by atoms with Crippen LogP contribution in [-0.2, 0) is 0 Å². The molecule has 0 atom stereocenters. The first-order valence-electron chi connectivity index (χ1n) is 5.97. The molecule has 0 unspecified atom stereocenters. The largest absolute Gasteiger partial charge is 0.465 e. The Hall–Kier alpha value is -1.93. The highest BCUT2D eigenvalue weighted by atomic mass is 35.5. The van der Waals surface area contributed by atoms with Gasteiger partial charge in [0.1, 0.15) is 11.0 Å². The minimum atomic E-state index is -0.978. The van der Waals surface area contributed by atoms with E-state index < -0.39 is 6.09 Å². The van der Waals surface area contributed by atoms with Crippen LogP contribution >= 0.6 is 11.6 Å². The van der Waals surface area contributed by atoms with Crippen molar-refractivity contribution >= 4 is 23.5 Å². The van der Waals surface area contributed by atoms with E-state index in [0.717, 1.165) is 31.7 Å². The maximum atomic E-state index is 10.6. The number of nitrogens with zero attached hydrogens (tertiary/aromatic N) is 2. The highest BCUT2D eigenvalue weighted by molar-refractivity contribution is 6.29. The molecule has 2 heterocycles. The highest BCUT2D eigenvalue weighted by Gasteiger charge is 2.21. The minimum Gasteiger partial charge on any atom is -0.465 e. The van der Waals surface area contributed by atoms with Crippen molar-refractivity contribution < 1.29 is 9.90 Å². The molecular weight excluding hydrogens is 266 g/mol. The molecule has 0 spiro atoms. The van der Waals surface area contributed by atoms with Crippen molar-refractivity contribution in [1.29, 1.82) is 0 Å². The van der Waals surface area contributed by atoms with Crippen LogP contribution in [0.5, 0.6) is 0 Å². The standard InChI is InChI=1S/C13H14ClN3O2/c1-2-9-7-11(14)16-12(8-9)17-5-3-10(4-6-17)15-13(18)19/h1,7-8,10,15H,3-6H2,(H,18,19). The normalized spacial score (nSPS) is 15.9. The van der Waals surface area contributed by atoms with E-state index in [2.05, 4.69) is 21.1 Å². The molecule has 5 nitrogen and oxygen atoms in total.